The van der Waals surface area contributed by atoms with Crippen molar-refractivity contribution in [3.8, 4) is 0 Å². The Morgan fingerprint density at radius 2 is 1.96 bits per heavy atom. The highest BCUT2D eigenvalue weighted by atomic mass is 16.5. The summed E-state index contributed by atoms with van der Waals surface area (Å²) in [6, 6.07) is 8.10. The van der Waals surface area contributed by atoms with Gasteiger partial charge in [0.2, 0.25) is 11.8 Å². The molecule has 2 aliphatic rings. The van der Waals surface area contributed by atoms with Crippen LogP contribution >= 0.6 is 0 Å². The van der Waals surface area contributed by atoms with Crippen LogP contribution in [-0.4, -0.2) is 52.0 Å². The molecule has 1 saturated heterocycles. The van der Waals surface area contributed by atoms with E-state index in [0.29, 0.717) is 24.8 Å². The van der Waals surface area contributed by atoms with Crippen molar-refractivity contribution in [1.82, 2.24) is 19.9 Å². The number of aromatic nitrogens is 2. The number of carbonyl (C=O) groups excluding carboxylic acids is 1. The van der Waals surface area contributed by atoms with E-state index in [1.165, 1.54) is 18.4 Å². The van der Waals surface area contributed by atoms with Crippen LogP contribution in [0.1, 0.15) is 41.6 Å². The molecular formula is C19H24N4O2. The lowest BCUT2D eigenvalue weighted by Gasteiger charge is -2.34. The first-order chi connectivity index (χ1) is 12.2. The van der Waals surface area contributed by atoms with E-state index < -0.39 is 0 Å². The third-order valence-electron chi connectivity index (χ3n) is 5.11. The monoisotopic (exact) mass is 340 g/mol. The summed E-state index contributed by atoms with van der Waals surface area (Å²) in [6.45, 7) is 5.95. The normalized spacial score (nSPS) is 18.5. The van der Waals surface area contributed by atoms with E-state index in [1.54, 1.807) is 0 Å². The molecular weight excluding hydrogens is 316 g/mol. The molecule has 0 bridgehead atoms. The summed E-state index contributed by atoms with van der Waals surface area (Å²) in [5.74, 6) is 2.29. The molecule has 0 N–H and O–H groups in total. The van der Waals surface area contributed by atoms with Gasteiger partial charge in [0.25, 0.3) is 0 Å². The molecule has 1 aromatic carbocycles. The zero-order chi connectivity index (χ0) is 17.2. The van der Waals surface area contributed by atoms with Crippen LogP contribution in [0.15, 0.2) is 28.8 Å². The summed E-state index contributed by atoms with van der Waals surface area (Å²) in [4.78, 5) is 21.3. The fourth-order valence-electron chi connectivity index (χ4n) is 3.27. The van der Waals surface area contributed by atoms with E-state index in [9.17, 15) is 4.79 Å². The third kappa shape index (κ3) is 3.90. The van der Waals surface area contributed by atoms with Crippen molar-refractivity contribution in [3.05, 3.63) is 47.1 Å². The van der Waals surface area contributed by atoms with Crippen molar-refractivity contribution < 1.29 is 9.32 Å². The van der Waals surface area contributed by atoms with Crippen LogP contribution in [-0.2, 0) is 17.8 Å². The van der Waals surface area contributed by atoms with Gasteiger partial charge in [0.15, 0.2) is 5.82 Å². The molecule has 132 valence electrons. The van der Waals surface area contributed by atoms with Crippen LogP contribution < -0.4 is 0 Å². The van der Waals surface area contributed by atoms with Gasteiger partial charge in [0.05, 0.1) is 13.0 Å². The van der Waals surface area contributed by atoms with Gasteiger partial charge < -0.3 is 9.42 Å². The topological polar surface area (TPSA) is 62.5 Å². The van der Waals surface area contributed by atoms with Crippen LogP contribution in [0.2, 0.25) is 0 Å². The molecule has 1 saturated carbocycles. The predicted molar refractivity (Wildman–Crippen MR) is 93.0 cm³/mol. The molecule has 1 amide bonds. The van der Waals surface area contributed by atoms with Gasteiger partial charge in [-0.15, -0.1) is 0 Å². The summed E-state index contributed by atoms with van der Waals surface area (Å²) in [5, 5.41) is 4.06. The molecule has 25 heavy (non-hydrogen) atoms. The van der Waals surface area contributed by atoms with E-state index in [2.05, 4.69) is 28.0 Å². The Morgan fingerprint density at radius 1 is 1.20 bits per heavy atom. The largest absolute Gasteiger partial charge is 0.340 e. The number of hydrogen-bond donors (Lipinski definition) is 0. The lowest BCUT2D eigenvalue weighted by molar-refractivity contribution is -0.132. The minimum absolute atomic E-state index is 0.211. The first kappa shape index (κ1) is 16.3. The van der Waals surface area contributed by atoms with Gasteiger partial charge in [-0.25, -0.2) is 0 Å². The average Bonchev–Trinajstić information content (AvgIpc) is 3.37. The summed E-state index contributed by atoms with van der Waals surface area (Å²) in [6.07, 6.45) is 2.85. The highest BCUT2D eigenvalue weighted by Crippen LogP contribution is 2.38. The molecule has 2 heterocycles. The van der Waals surface area contributed by atoms with E-state index >= 15 is 0 Å². The maximum Gasteiger partial charge on any atom is 0.240 e. The van der Waals surface area contributed by atoms with Gasteiger partial charge in [-0.1, -0.05) is 29.4 Å². The second-order valence-electron chi connectivity index (χ2n) is 7.08. The van der Waals surface area contributed by atoms with Crippen molar-refractivity contribution in [2.24, 2.45) is 0 Å². The number of piperazine rings is 1. The Labute approximate surface area is 147 Å². The van der Waals surface area contributed by atoms with Crippen molar-refractivity contribution in [2.45, 2.75) is 38.6 Å². The molecule has 2 aromatic rings. The number of hydrogen-bond acceptors (Lipinski definition) is 5. The highest BCUT2D eigenvalue weighted by Gasteiger charge is 2.29. The molecule has 0 spiro atoms. The van der Waals surface area contributed by atoms with Crippen LogP contribution in [0.5, 0.6) is 0 Å². The number of benzene rings is 1. The molecule has 6 heteroatoms. The SMILES string of the molecule is Cc1ccccc1CC(=O)N1CCN(Cc2nc(C3CC3)no2)CC1. The van der Waals surface area contributed by atoms with Gasteiger partial charge >= 0.3 is 0 Å². The summed E-state index contributed by atoms with van der Waals surface area (Å²) in [7, 11) is 0. The van der Waals surface area contributed by atoms with Crippen LogP contribution in [0.3, 0.4) is 0 Å². The minimum Gasteiger partial charge on any atom is -0.340 e. The Balaban J connectivity index is 1.27. The van der Waals surface area contributed by atoms with E-state index in [4.69, 9.17) is 4.52 Å². The van der Waals surface area contributed by atoms with Crippen molar-refractivity contribution in [2.75, 3.05) is 26.2 Å². The van der Waals surface area contributed by atoms with E-state index in [0.717, 1.165) is 37.6 Å². The van der Waals surface area contributed by atoms with Crippen molar-refractivity contribution in [3.63, 3.8) is 0 Å². The van der Waals surface area contributed by atoms with Gasteiger partial charge in [-0.2, -0.15) is 4.98 Å². The van der Waals surface area contributed by atoms with Crippen LogP contribution in [0, 0.1) is 6.92 Å². The molecule has 0 unspecified atom stereocenters. The van der Waals surface area contributed by atoms with Crippen molar-refractivity contribution in [1.29, 1.82) is 0 Å². The maximum atomic E-state index is 12.5. The maximum absolute atomic E-state index is 12.5. The number of carbonyl (C=O) groups is 1. The lowest BCUT2D eigenvalue weighted by Crippen LogP contribution is -2.48. The third-order valence-corrected chi connectivity index (χ3v) is 5.11. The fraction of sp³-hybridized carbons (Fsp3) is 0.526. The summed E-state index contributed by atoms with van der Waals surface area (Å²) >= 11 is 0. The molecule has 0 radical (unpaired) electrons. The molecule has 1 aromatic heterocycles. The smallest absolute Gasteiger partial charge is 0.240 e. The van der Waals surface area contributed by atoms with Crippen LogP contribution in [0.25, 0.3) is 0 Å². The molecule has 6 nitrogen and oxygen atoms in total. The Hall–Kier alpha value is -2.21. The highest BCUT2D eigenvalue weighted by molar-refractivity contribution is 5.79. The van der Waals surface area contributed by atoms with E-state index in [1.807, 2.05) is 23.1 Å². The second-order valence-corrected chi connectivity index (χ2v) is 7.08. The van der Waals surface area contributed by atoms with Gasteiger partial charge in [-0.05, 0) is 30.9 Å². The quantitative estimate of drug-likeness (QED) is 0.834. The Kier molecular flexibility index (Phi) is 4.53. The molecule has 1 aliphatic carbocycles. The van der Waals surface area contributed by atoms with Gasteiger partial charge in [-0.3, -0.25) is 9.69 Å². The number of aryl methyl sites for hydroxylation is 1. The molecule has 2 fully saturated rings. The number of rotatable bonds is 5. The van der Waals surface area contributed by atoms with Gasteiger partial charge in [0.1, 0.15) is 0 Å². The first-order valence-corrected chi connectivity index (χ1v) is 9.06. The molecule has 0 atom stereocenters. The summed E-state index contributed by atoms with van der Waals surface area (Å²) < 4.78 is 5.35. The zero-order valence-electron chi connectivity index (χ0n) is 14.6. The van der Waals surface area contributed by atoms with Gasteiger partial charge in [0, 0.05) is 32.1 Å². The number of amides is 1. The number of nitrogens with zero attached hydrogens (tertiary/aromatic N) is 4. The van der Waals surface area contributed by atoms with E-state index in [-0.39, 0.29) is 5.91 Å². The Morgan fingerprint density at radius 3 is 2.68 bits per heavy atom. The Bertz CT molecular complexity index is 745. The fourth-order valence-corrected chi connectivity index (χ4v) is 3.27. The first-order valence-electron chi connectivity index (χ1n) is 9.06. The summed E-state index contributed by atoms with van der Waals surface area (Å²) in [5.41, 5.74) is 2.30. The van der Waals surface area contributed by atoms with Crippen LogP contribution in [0.4, 0.5) is 0 Å². The second kappa shape index (κ2) is 6.96. The average molecular weight is 340 g/mol. The lowest BCUT2D eigenvalue weighted by atomic mass is 10.1. The zero-order valence-corrected chi connectivity index (χ0v) is 14.6. The standard InChI is InChI=1S/C19H24N4O2/c1-14-4-2-3-5-16(14)12-18(24)23-10-8-22(9-11-23)13-17-20-19(21-25-17)15-6-7-15/h2-5,15H,6-13H2,1H3. The molecule has 4 rings (SSSR count). The predicted octanol–water partition coefficient (Wildman–Crippen LogP) is 2.14. The van der Waals surface area contributed by atoms with Crippen molar-refractivity contribution >= 4 is 5.91 Å². The molecule has 1 aliphatic heterocycles. The minimum atomic E-state index is 0.211.